The highest BCUT2D eigenvalue weighted by molar-refractivity contribution is 6.07. The topological polar surface area (TPSA) is 93.1 Å². The fraction of sp³-hybridized carbons (Fsp3) is 0.143. The molecule has 0 radical (unpaired) electrons. The molecule has 0 unspecified atom stereocenters. The molecule has 0 saturated heterocycles. The van der Waals surface area contributed by atoms with Crippen molar-refractivity contribution < 1.29 is 29.3 Å². The molecule has 0 aliphatic rings. The standard InChI is InChI=1S/C14H12O6/c1-19-13(17)9-3-7-5-11(15)12(16)6-8(7)4-10(9)14(18)20-2/h3-6,15-16H,1-2H3. The Labute approximate surface area is 114 Å². The first-order valence-corrected chi connectivity index (χ1v) is 5.64. The van der Waals surface area contributed by atoms with E-state index in [0.717, 1.165) is 0 Å². The van der Waals surface area contributed by atoms with Crippen LogP contribution in [0.1, 0.15) is 20.7 Å². The molecule has 20 heavy (non-hydrogen) atoms. The second kappa shape index (κ2) is 5.08. The van der Waals surface area contributed by atoms with Gasteiger partial charge in [-0.3, -0.25) is 0 Å². The van der Waals surface area contributed by atoms with Crippen molar-refractivity contribution in [2.45, 2.75) is 0 Å². The summed E-state index contributed by atoms with van der Waals surface area (Å²) in [6.07, 6.45) is 0. The van der Waals surface area contributed by atoms with Crippen molar-refractivity contribution in [1.82, 2.24) is 0 Å². The molecule has 0 amide bonds. The maximum absolute atomic E-state index is 11.7. The zero-order chi connectivity index (χ0) is 14.9. The number of rotatable bonds is 2. The maximum Gasteiger partial charge on any atom is 0.338 e. The summed E-state index contributed by atoms with van der Waals surface area (Å²) in [7, 11) is 2.39. The third-order valence-electron chi connectivity index (χ3n) is 2.88. The first-order valence-electron chi connectivity index (χ1n) is 5.64. The lowest BCUT2D eigenvalue weighted by Gasteiger charge is -2.09. The molecule has 0 aliphatic carbocycles. The zero-order valence-corrected chi connectivity index (χ0v) is 10.8. The van der Waals surface area contributed by atoms with Crippen molar-refractivity contribution in [1.29, 1.82) is 0 Å². The molecule has 2 aromatic rings. The molecule has 2 rings (SSSR count). The summed E-state index contributed by atoms with van der Waals surface area (Å²) < 4.78 is 9.23. The Bertz CT molecular complexity index is 644. The van der Waals surface area contributed by atoms with E-state index in [0.29, 0.717) is 10.8 Å². The fourth-order valence-corrected chi connectivity index (χ4v) is 1.88. The van der Waals surface area contributed by atoms with Gasteiger partial charge in [0.2, 0.25) is 0 Å². The van der Waals surface area contributed by atoms with E-state index in [2.05, 4.69) is 9.47 Å². The Hall–Kier alpha value is -2.76. The van der Waals surface area contributed by atoms with Gasteiger partial charge in [-0.05, 0) is 35.0 Å². The van der Waals surface area contributed by atoms with Crippen molar-refractivity contribution >= 4 is 22.7 Å². The Balaban J connectivity index is 2.77. The van der Waals surface area contributed by atoms with Crippen LogP contribution < -0.4 is 0 Å². The van der Waals surface area contributed by atoms with Crippen LogP contribution in [0.3, 0.4) is 0 Å². The Morgan fingerprint density at radius 2 is 1.15 bits per heavy atom. The van der Waals surface area contributed by atoms with Gasteiger partial charge in [0.05, 0.1) is 25.3 Å². The van der Waals surface area contributed by atoms with E-state index in [-0.39, 0.29) is 22.6 Å². The van der Waals surface area contributed by atoms with Gasteiger partial charge in [0, 0.05) is 0 Å². The van der Waals surface area contributed by atoms with Crippen molar-refractivity contribution in [2.24, 2.45) is 0 Å². The van der Waals surface area contributed by atoms with Gasteiger partial charge in [0.15, 0.2) is 11.5 Å². The average Bonchev–Trinajstić information content (AvgIpc) is 2.45. The van der Waals surface area contributed by atoms with Crippen molar-refractivity contribution in [3.63, 3.8) is 0 Å². The number of benzene rings is 2. The first kappa shape index (κ1) is 13.7. The van der Waals surface area contributed by atoms with E-state index in [1.54, 1.807) is 0 Å². The number of hydrogen-bond donors (Lipinski definition) is 2. The highest BCUT2D eigenvalue weighted by atomic mass is 16.5. The zero-order valence-electron chi connectivity index (χ0n) is 10.8. The van der Waals surface area contributed by atoms with Gasteiger partial charge in [0.25, 0.3) is 0 Å². The van der Waals surface area contributed by atoms with Crippen LogP contribution in [-0.4, -0.2) is 36.4 Å². The van der Waals surface area contributed by atoms with Gasteiger partial charge in [-0.1, -0.05) is 0 Å². The summed E-state index contributed by atoms with van der Waals surface area (Å²) in [6.45, 7) is 0. The molecular weight excluding hydrogens is 264 g/mol. The number of phenols is 2. The van der Waals surface area contributed by atoms with Crippen LogP contribution in [0.15, 0.2) is 24.3 Å². The lowest BCUT2D eigenvalue weighted by Crippen LogP contribution is -2.11. The van der Waals surface area contributed by atoms with E-state index < -0.39 is 11.9 Å². The molecule has 0 fully saturated rings. The van der Waals surface area contributed by atoms with E-state index in [1.807, 2.05) is 0 Å². The van der Waals surface area contributed by atoms with Crippen LogP contribution in [0.2, 0.25) is 0 Å². The number of methoxy groups -OCH3 is 2. The number of carbonyl (C=O) groups is 2. The maximum atomic E-state index is 11.7. The molecule has 0 heterocycles. The van der Waals surface area contributed by atoms with E-state index >= 15 is 0 Å². The van der Waals surface area contributed by atoms with Crippen LogP contribution in [0, 0.1) is 0 Å². The molecule has 0 spiro atoms. The summed E-state index contributed by atoms with van der Waals surface area (Å²) >= 11 is 0. The van der Waals surface area contributed by atoms with Crippen molar-refractivity contribution in [3.05, 3.63) is 35.4 Å². The third-order valence-corrected chi connectivity index (χ3v) is 2.88. The van der Waals surface area contributed by atoms with Crippen LogP contribution in [0.25, 0.3) is 10.8 Å². The van der Waals surface area contributed by atoms with Crippen molar-refractivity contribution in [3.8, 4) is 11.5 Å². The minimum absolute atomic E-state index is 0.0249. The fourth-order valence-electron chi connectivity index (χ4n) is 1.88. The number of aromatic hydroxyl groups is 2. The minimum Gasteiger partial charge on any atom is -0.504 e. The number of carbonyl (C=O) groups excluding carboxylic acids is 2. The monoisotopic (exact) mass is 276 g/mol. The quantitative estimate of drug-likeness (QED) is 0.642. The molecule has 0 saturated carbocycles. The molecule has 2 aromatic carbocycles. The summed E-state index contributed by atoms with van der Waals surface area (Å²) in [4.78, 5) is 23.4. The second-order valence-electron chi connectivity index (χ2n) is 4.07. The van der Waals surface area contributed by atoms with Crippen LogP contribution in [0.5, 0.6) is 11.5 Å². The Morgan fingerprint density at radius 1 is 0.800 bits per heavy atom. The molecule has 0 aliphatic heterocycles. The molecule has 2 N–H and O–H groups in total. The minimum atomic E-state index is -0.695. The van der Waals surface area contributed by atoms with Gasteiger partial charge in [-0.15, -0.1) is 0 Å². The van der Waals surface area contributed by atoms with Crippen LogP contribution >= 0.6 is 0 Å². The number of phenolic OH excluding ortho intramolecular Hbond substituents is 2. The molecule has 0 aromatic heterocycles. The lowest BCUT2D eigenvalue weighted by molar-refractivity contribution is 0.0555. The molecule has 104 valence electrons. The summed E-state index contributed by atoms with van der Waals surface area (Å²) in [5.74, 6) is -2.03. The average molecular weight is 276 g/mol. The second-order valence-corrected chi connectivity index (χ2v) is 4.07. The molecule has 6 nitrogen and oxygen atoms in total. The lowest BCUT2D eigenvalue weighted by atomic mass is 10.0. The highest BCUT2D eigenvalue weighted by Gasteiger charge is 2.20. The van der Waals surface area contributed by atoms with Crippen LogP contribution in [0.4, 0.5) is 0 Å². The van der Waals surface area contributed by atoms with Crippen LogP contribution in [-0.2, 0) is 9.47 Å². The number of esters is 2. The molecular formula is C14H12O6. The van der Waals surface area contributed by atoms with Gasteiger partial charge >= 0.3 is 11.9 Å². The summed E-state index contributed by atoms with van der Waals surface area (Å²) in [6, 6.07) is 5.37. The highest BCUT2D eigenvalue weighted by Crippen LogP contribution is 2.32. The smallest absolute Gasteiger partial charge is 0.338 e. The predicted octanol–water partition coefficient (Wildman–Crippen LogP) is 1.82. The van der Waals surface area contributed by atoms with E-state index in [1.165, 1.54) is 38.5 Å². The Morgan fingerprint density at radius 3 is 1.45 bits per heavy atom. The molecule has 6 heteroatoms. The van der Waals surface area contributed by atoms with E-state index in [9.17, 15) is 19.8 Å². The molecule has 0 atom stereocenters. The largest absolute Gasteiger partial charge is 0.504 e. The van der Waals surface area contributed by atoms with Gasteiger partial charge < -0.3 is 19.7 Å². The SMILES string of the molecule is COC(=O)c1cc2cc(O)c(O)cc2cc1C(=O)OC. The number of fused-ring (bicyclic) bond motifs is 1. The van der Waals surface area contributed by atoms with Gasteiger partial charge in [0.1, 0.15) is 0 Å². The van der Waals surface area contributed by atoms with Crippen molar-refractivity contribution in [2.75, 3.05) is 14.2 Å². The van der Waals surface area contributed by atoms with Gasteiger partial charge in [-0.2, -0.15) is 0 Å². The number of hydrogen-bond acceptors (Lipinski definition) is 6. The molecule has 0 bridgehead atoms. The number of ether oxygens (including phenoxy) is 2. The first-order chi connectivity index (χ1) is 9.47. The Kier molecular flexibility index (Phi) is 3.47. The third kappa shape index (κ3) is 2.23. The van der Waals surface area contributed by atoms with Gasteiger partial charge in [-0.25, -0.2) is 9.59 Å². The summed E-state index contributed by atoms with van der Waals surface area (Å²) in [5, 5.41) is 19.9. The summed E-state index contributed by atoms with van der Waals surface area (Å²) in [5.41, 5.74) is 0.0499. The normalized spacial score (nSPS) is 10.3. The predicted molar refractivity (Wildman–Crippen MR) is 70.0 cm³/mol. The van der Waals surface area contributed by atoms with E-state index in [4.69, 9.17) is 0 Å².